The molecule has 3 rings (SSSR count). The third-order valence-corrected chi connectivity index (χ3v) is 3.24. The van der Waals surface area contributed by atoms with Crippen LogP contribution in [-0.4, -0.2) is 19.1 Å². The van der Waals surface area contributed by atoms with E-state index in [2.05, 4.69) is 5.32 Å². The molecule has 2 atom stereocenters. The van der Waals surface area contributed by atoms with Crippen molar-refractivity contribution in [1.29, 1.82) is 0 Å². The number of nitrogens with one attached hydrogen (secondary N) is 1. The van der Waals surface area contributed by atoms with Crippen molar-refractivity contribution in [2.75, 3.05) is 12.4 Å². The number of hydrogen-bond acceptors (Lipinski definition) is 3. The molecule has 0 unspecified atom stereocenters. The van der Waals surface area contributed by atoms with Crippen LogP contribution < -0.4 is 10.1 Å². The summed E-state index contributed by atoms with van der Waals surface area (Å²) >= 11 is 0. The molecule has 1 aliphatic rings. The summed E-state index contributed by atoms with van der Waals surface area (Å²) in [6.45, 7) is 0. The monoisotopic (exact) mass is 269 g/mol. The first-order valence-corrected chi connectivity index (χ1v) is 6.43. The Morgan fingerprint density at radius 3 is 2.45 bits per heavy atom. The topological polar surface area (TPSA) is 50.9 Å². The molecular formula is C16H15NO3. The van der Waals surface area contributed by atoms with Gasteiger partial charge in [-0.3, -0.25) is 4.79 Å². The van der Waals surface area contributed by atoms with E-state index in [9.17, 15) is 4.79 Å². The molecule has 0 aromatic heterocycles. The highest BCUT2D eigenvalue weighted by atomic mass is 16.6. The molecule has 1 saturated heterocycles. The Morgan fingerprint density at radius 2 is 1.80 bits per heavy atom. The standard InChI is InChI=1S/C16H15NO3/c1-19-13-9-7-11(8-10-13)14-15(20-14)16(18)17-12-5-3-2-4-6-12/h2-10,14-15H,1H3,(H,17,18)/t14-,15+/m0/s1. The number of carbonyl (C=O) groups is 1. The van der Waals surface area contributed by atoms with Gasteiger partial charge < -0.3 is 14.8 Å². The highest BCUT2D eigenvalue weighted by molar-refractivity contribution is 5.96. The van der Waals surface area contributed by atoms with Gasteiger partial charge in [0.1, 0.15) is 11.9 Å². The normalized spacial score (nSPS) is 20.2. The van der Waals surface area contributed by atoms with E-state index in [4.69, 9.17) is 9.47 Å². The summed E-state index contributed by atoms with van der Waals surface area (Å²) in [5.74, 6) is 0.678. The summed E-state index contributed by atoms with van der Waals surface area (Å²) < 4.78 is 10.6. The van der Waals surface area contributed by atoms with Crippen LogP contribution in [0.4, 0.5) is 5.69 Å². The van der Waals surface area contributed by atoms with Crippen molar-refractivity contribution < 1.29 is 14.3 Å². The van der Waals surface area contributed by atoms with Crippen LogP contribution in [0, 0.1) is 0 Å². The molecule has 0 bridgehead atoms. The maximum atomic E-state index is 12.0. The number of hydrogen-bond donors (Lipinski definition) is 1. The van der Waals surface area contributed by atoms with Gasteiger partial charge in [0.15, 0.2) is 6.10 Å². The quantitative estimate of drug-likeness (QED) is 0.868. The number of methoxy groups -OCH3 is 1. The fourth-order valence-electron chi connectivity index (χ4n) is 2.09. The molecule has 1 aliphatic heterocycles. The number of carbonyl (C=O) groups excluding carboxylic acids is 1. The minimum Gasteiger partial charge on any atom is -0.497 e. The van der Waals surface area contributed by atoms with Crippen LogP contribution in [0.3, 0.4) is 0 Å². The maximum Gasteiger partial charge on any atom is 0.256 e. The molecule has 0 aliphatic carbocycles. The van der Waals surface area contributed by atoms with Crippen molar-refractivity contribution in [3.63, 3.8) is 0 Å². The van der Waals surface area contributed by atoms with E-state index in [1.807, 2.05) is 54.6 Å². The summed E-state index contributed by atoms with van der Waals surface area (Å²) in [6.07, 6.45) is -0.576. The summed E-state index contributed by atoms with van der Waals surface area (Å²) in [5, 5.41) is 2.84. The average Bonchev–Trinajstić information content (AvgIpc) is 3.29. The van der Waals surface area contributed by atoms with E-state index in [0.717, 1.165) is 17.0 Å². The molecule has 4 nitrogen and oxygen atoms in total. The van der Waals surface area contributed by atoms with Gasteiger partial charge in [-0.05, 0) is 29.8 Å². The lowest BCUT2D eigenvalue weighted by Gasteiger charge is -2.02. The van der Waals surface area contributed by atoms with Gasteiger partial charge in [0, 0.05) is 5.69 Å². The van der Waals surface area contributed by atoms with Gasteiger partial charge in [-0.25, -0.2) is 0 Å². The molecule has 0 radical (unpaired) electrons. The molecule has 4 heteroatoms. The van der Waals surface area contributed by atoms with Crippen LogP contribution in [0.1, 0.15) is 11.7 Å². The number of ether oxygens (including phenoxy) is 2. The maximum absolute atomic E-state index is 12.0. The van der Waals surface area contributed by atoms with Crippen LogP contribution in [0.15, 0.2) is 54.6 Å². The van der Waals surface area contributed by atoms with Gasteiger partial charge >= 0.3 is 0 Å². The zero-order valence-corrected chi connectivity index (χ0v) is 11.1. The van der Waals surface area contributed by atoms with Crippen LogP contribution >= 0.6 is 0 Å². The number of rotatable bonds is 4. The summed E-state index contributed by atoms with van der Waals surface area (Å²) in [5.41, 5.74) is 1.76. The first kappa shape index (κ1) is 12.7. The third kappa shape index (κ3) is 2.65. The predicted molar refractivity (Wildman–Crippen MR) is 75.7 cm³/mol. The van der Waals surface area contributed by atoms with Crippen molar-refractivity contribution in [2.45, 2.75) is 12.2 Å². The van der Waals surface area contributed by atoms with Gasteiger partial charge in [-0.15, -0.1) is 0 Å². The lowest BCUT2D eigenvalue weighted by molar-refractivity contribution is -0.117. The second-order valence-corrected chi connectivity index (χ2v) is 4.61. The van der Waals surface area contributed by atoms with Crippen molar-refractivity contribution in [1.82, 2.24) is 0 Å². The first-order chi connectivity index (χ1) is 9.78. The third-order valence-electron chi connectivity index (χ3n) is 3.24. The minimum absolute atomic E-state index is 0.114. The van der Waals surface area contributed by atoms with E-state index >= 15 is 0 Å². The molecule has 2 aromatic rings. The second kappa shape index (κ2) is 5.35. The first-order valence-electron chi connectivity index (χ1n) is 6.43. The Hall–Kier alpha value is -2.33. The van der Waals surface area contributed by atoms with Crippen LogP contribution in [0.5, 0.6) is 5.75 Å². The Kier molecular flexibility index (Phi) is 3.39. The number of benzene rings is 2. The van der Waals surface area contributed by atoms with Crippen molar-refractivity contribution in [3.05, 3.63) is 60.2 Å². The van der Waals surface area contributed by atoms with Crippen LogP contribution in [0.2, 0.25) is 0 Å². The highest BCUT2D eigenvalue weighted by Gasteiger charge is 2.46. The van der Waals surface area contributed by atoms with E-state index in [1.165, 1.54) is 0 Å². The van der Waals surface area contributed by atoms with Crippen molar-refractivity contribution in [2.24, 2.45) is 0 Å². The number of para-hydroxylation sites is 1. The zero-order valence-electron chi connectivity index (χ0n) is 11.1. The number of anilines is 1. The Balaban J connectivity index is 1.62. The summed E-state index contributed by atoms with van der Waals surface area (Å²) in [7, 11) is 1.62. The van der Waals surface area contributed by atoms with Crippen LogP contribution in [0.25, 0.3) is 0 Å². The molecule has 20 heavy (non-hydrogen) atoms. The molecule has 1 heterocycles. The minimum atomic E-state index is -0.413. The molecule has 0 spiro atoms. The van der Waals surface area contributed by atoms with Crippen molar-refractivity contribution >= 4 is 11.6 Å². The van der Waals surface area contributed by atoms with Crippen LogP contribution in [-0.2, 0) is 9.53 Å². The fraction of sp³-hybridized carbons (Fsp3) is 0.188. The average molecular weight is 269 g/mol. The Labute approximate surface area is 117 Å². The predicted octanol–water partition coefficient (Wildman–Crippen LogP) is 2.77. The molecule has 102 valence electrons. The molecule has 1 fully saturated rings. The Bertz CT molecular complexity index is 595. The SMILES string of the molecule is COc1ccc([C@@H]2O[C@H]2C(=O)Nc2ccccc2)cc1. The summed E-state index contributed by atoms with van der Waals surface area (Å²) in [4.78, 5) is 12.0. The largest absolute Gasteiger partial charge is 0.497 e. The zero-order chi connectivity index (χ0) is 13.9. The number of amides is 1. The van der Waals surface area contributed by atoms with E-state index in [-0.39, 0.29) is 12.0 Å². The number of epoxide rings is 1. The van der Waals surface area contributed by atoms with Gasteiger partial charge in [0.05, 0.1) is 7.11 Å². The second-order valence-electron chi connectivity index (χ2n) is 4.61. The lowest BCUT2D eigenvalue weighted by Crippen LogP contribution is -2.18. The van der Waals surface area contributed by atoms with Gasteiger partial charge in [0.2, 0.25) is 0 Å². The smallest absolute Gasteiger partial charge is 0.256 e. The molecule has 2 aromatic carbocycles. The molecule has 1 N–H and O–H groups in total. The van der Waals surface area contributed by atoms with Gasteiger partial charge in [-0.1, -0.05) is 30.3 Å². The molecule has 0 saturated carbocycles. The Morgan fingerprint density at radius 1 is 1.10 bits per heavy atom. The fourth-order valence-corrected chi connectivity index (χ4v) is 2.09. The van der Waals surface area contributed by atoms with E-state index in [0.29, 0.717) is 0 Å². The lowest BCUT2D eigenvalue weighted by atomic mass is 10.1. The van der Waals surface area contributed by atoms with E-state index < -0.39 is 6.10 Å². The van der Waals surface area contributed by atoms with Gasteiger partial charge in [0.25, 0.3) is 5.91 Å². The molecule has 1 amide bonds. The van der Waals surface area contributed by atoms with E-state index in [1.54, 1.807) is 7.11 Å². The molecular weight excluding hydrogens is 254 g/mol. The van der Waals surface area contributed by atoms with Gasteiger partial charge in [-0.2, -0.15) is 0 Å². The van der Waals surface area contributed by atoms with Crippen molar-refractivity contribution in [3.8, 4) is 5.75 Å². The highest BCUT2D eigenvalue weighted by Crippen LogP contribution is 2.39. The summed E-state index contributed by atoms with van der Waals surface area (Å²) in [6, 6.07) is 16.9.